The molecule has 0 saturated carbocycles. The third-order valence-electron chi connectivity index (χ3n) is 3.45. The predicted molar refractivity (Wildman–Crippen MR) is 55.2 cm³/mol. The van der Waals surface area contributed by atoms with Crippen LogP contribution in [0.5, 0.6) is 0 Å². The monoisotopic (exact) mass is 199 g/mol. The molecule has 0 aliphatic carbocycles. The van der Waals surface area contributed by atoms with Gasteiger partial charge in [-0.25, -0.2) is 0 Å². The third kappa shape index (κ3) is 2.69. The van der Waals surface area contributed by atoms with E-state index in [1.807, 2.05) is 0 Å². The molecule has 0 amide bonds. The summed E-state index contributed by atoms with van der Waals surface area (Å²) in [5.74, 6) is 0.452. The highest BCUT2D eigenvalue weighted by molar-refractivity contribution is 4.78. The van der Waals surface area contributed by atoms with Crippen molar-refractivity contribution in [2.75, 3.05) is 19.7 Å². The predicted octanol–water partition coefficient (Wildman–Crippen LogP) is 0.916. The van der Waals surface area contributed by atoms with Crippen LogP contribution in [-0.2, 0) is 4.74 Å². The Morgan fingerprint density at radius 3 is 2.93 bits per heavy atom. The molecule has 2 fully saturated rings. The minimum Gasteiger partial charge on any atom is -0.393 e. The first kappa shape index (κ1) is 10.4. The summed E-state index contributed by atoms with van der Waals surface area (Å²) in [6.07, 6.45) is 5.98. The van der Waals surface area contributed by atoms with Gasteiger partial charge in [-0.3, -0.25) is 0 Å². The molecule has 0 aromatic rings. The Labute approximate surface area is 85.8 Å². The molecule has 0 bridgehead atoms. The van der Waals surface area contributed by atoms with Crippen LogP contribution >= 0.6 is 0 Å². The summed E-state index contributed by atoms with van der Waals surface area (Å²) in [5, 5.41) is 13.1. The summed E-state index contributed by atoms with van der Waals surface area (Å²) >= 11 is 0. The first-order valence-electron chi connectivity index (χ1n) is 5.86. The van der Waals surface area contributed by atoms with Crippen molar-refractivity contribution in [3.05, 3.63) is 0 Å². The SMILES string of the molecule is OC1CCNCC1CCC1CCCO1. The van der Waals surface area contributed by atoms with Gasteiger partial charge in [0.05, 0.1) is 12.2 Å². The van der Waals surface area contributed by atoms with E-state index in [1.165, 1.54) is 12.8 Å². The van der Waals surface area contributed by atoms with Gasteiger partial charge in [-0.05, 0) is 44.6 Å². The Kier molecular flexibility index (Phi) is 3.79. The molecule has 3 nitrogen and oxygen atoms in total. The van der Waals surface area contributed by atoms with Crippen molar-refractivity contribution in [2.24, 2.45) is 5.92 Å². The molecule has 2 aliphatic heterocycles. The lowest BCUT2D eigenvalue weighted by molar-refractivity contribution is 0.0539. The molecule has 3 unspecified atom stereocenters. The molecule has 0 spiro atoms. The Morgan fingerprint density at radius 2 is 2.21 bits per heavy atom. The van der Waals surface area contributed by atoms with Gasteiger partial charge >= 0.3 is 0 Å². The summed E-state index contributed by atoms with van der Waals surface area (Å²) in [7, 11) is 0. The Balaban J connectivity index is 1.67. The van der Waals surface area contributed by atoms with Gasteiger partial charge in [0.15, 0.2) is 0 Å². The maximum atomic E-state index is 9.76. The molecule has 3 heteroatoms. The molecule has 3 atom stereocenters. The second-order valence-corrected chi connectivity index (χ2v) is 4.53. The van der Waals surface area contributed by atoms with Gasteiger partial charge in [0.25, 0.3) is 0 Å². The Bertz CT molecular complexity index is 169. The second kappa shape index (κ2) is 5.10. The van der Waals surface area contributed by atoms with Crippen molar-refractivity contribution < 1.29 is 9.84 Å². The van der Waals surface area contributed by atoms with Crippen LogP contribution in [0.2, 0.25) is 0 Å². The van der Waals surface area contributed by atoms with Crippen molar-refractivity contribution in [3.8, 4) is 0 Å². The lowest BCUT2D eigenvalue weighted by Gasteiger charge is -2.29. The van der Waals surface area contributed by atoms with E-state index in [4.69, 9.17) is 4.74 Å². The molecule has 2 rings (SSSR count). The average Bonchev–Trinajstić information content (AvgIpc) is 2.69. The quantitative estimate of drug-likeness (QED) is 0.710. The molecule has 2 aliphatic rings. The van der Waals surface area contributed by atoms with E-state index < -0.39 is 0 Å². The van der Waals surface area contributed by atoms with E-state index in [0.29, 0.717) is 12.0 Å². The Morgan fingerprint density at radius 1 is 1.29 bits per heavy atom. The average molecular weight is 199 g/mol. The molecule has 0 aromatic heterocycles. The minimum absolute atomic E-state index is 0.0855. The molecular formula is C11H21NO2. The van der Waals surface area contributed by atoms with Gasteiger partial charge in [-0.2, -0.15) is 0 Å². The lowest BCUT2D eigenvalue weighted by atomic mass is 9.90. The number of ether oxygens (including phenoxy) is 1. The topological polar surface area (TPSA) is 41.5 Å². The molecule has 2 saturated heterocycles. The van der Waals surface area contributed by atoms with Gasteiger partial charge in [-0.15, -0.1) is 0 Å². The van der Waals surface area contributed by atoms with Gasteiger partial charge in [0.2, 0.25) is 0 Å². The number of hydrogen-bond acceptors (Lipinski definition) is 3. The highest BCUT2D eigenvalue weighted by atomic mass is 16.5. The van der Waals surface area contributed by atoms with Crippen LogP contribution in [-0.4, -0.2) is 37.0 Å². The van der Waals surface area contributed by atoms with Crippen molar-refractivity contribution >= 4 is 0 Å². The first-order chi connectivity index (χ1) is 6.86. The largest absolute Gasteiger partial charge is 0.393 e. The number of aliphatic hydroxyl groups excluding tert-OH is 1. The van der Waals surface area contributed by atoms with Crippen LogP contribution in [0.3, 0.4) is 0 Å². The van der Waals surface area contributed by atoms with Crippen LogP contribution in [0.15, 0.2) is 0 Å². The van der Waals surface area contributed by atoms with Crippen LogP contribution in [0.1, 0.15) is 32.1 Å². The molecule has 0 radical (unpaired) electrons. The zero-order chi connectivity index (χ0) is 9.80. The number of hydrogen-bond donors (Lipinski definition) is 2. The zero-order valence-electron chi connectivity index (χ0n) is 8.74. The van der Waals surface area contributed by atoms with Gasteiger partial charge in [0.1, 0.15) is 0 Å². The highest BCUT2D eigenvalue weighted by Crippen LogP contribution is 2.22. The van der Waals surface area contributed by atoms with E-state index in [2.05, 4.69) is 5.32 Å². The molecule has 0 aromatic carbocycles. The summed E-state index contributed by atoms with van der Waals surface area (Å²) < 4.78 is 5.58. The van der Waals surface area contributed by atoms with E-state index >= 15 is 0 Å². The summed E-state index contributed by atoms with van der Waals surface area (Å²) in [6, 6.07) is 0. The molecule has 2 heterocycles. The summed E-state index contributed by atoms with van der Waals surface area (Å²) in [4.78, 5) is 0. The fourth-order valence-electron chi connectivity index (χ4n) is 2.48. The minimum atomic E-state index is -0.0855. The third-order valence-corrected chi connectivity index (χ3v) is 3.45. The zero-order valence-corrected chi connectivity index (χ0v) is 8.74. The van der Waals surface area contributed by atoms with E-state index in [0.717, 1.165) is 39.0 Å². The van der Waals surface area contributed by atoms with E-state index in [-0.39, 0.29) is 6.10 Å². The van der Waals surface area contributed by atoms with Crippen LogP contribution in [0.4, 0.5) is 0 Å². The van der Waals surface area contributed by atoms with Gasteiger partial charge in [0, 0.05) is 13.2 Å². The van der Waals surface area contributed by atoms with Crippen LogP contribution in [0.25, 0.3) is 0 Å². The van der Waals surface area contributed by atoms with Crippen molar-refractivity contribution in [1.29, 1.82) is 0 Å². The fourth-order valence-corrected chi connectivity index (χ4v) is 2.48. The molecule has 14 heavy (non-hydrogen) atoms. The number of rotatable bonds is 3. The van der Waals surface area contributed by atoms with E-state index in [1.54, 1.807) is 0 Å². The maximum Gasteiger partial charge on any atom is 0.0592 e. The first-order valence-corrected chi connectivity index (χ1v) is 5.86. The lowest BCUT2D eigenvalue weighted by Crippen LogP contribution is -2.40. The fraction of sp³-hybridized carbons (Fsp3) is 1.00. The van der Waals surface area contributed by atoms with Gasteiger partial charge < -0.3 is 15.2 Å². The molecule has 82 valence electrons. The molecular weight excluding hydrogens is 178 g/mol. The summed E-state index contributed by atoms with van der Waals surface area (Å²) in [5.41, 5.74) is 0. The number of aliphatic hydroxyl groups is 1. The number of piperidine rings is 1. The van der Waals surface area contributed by atoms with E-state index in [9.17, 15) is 5.11 Å². The normalized spacial score (nSPS) is 38.8. The highest BCUT2D eigenvalue weighted by Gasteiger charge is 2.24. The Hall–Kier alpha value is -0.120. The van der Waals surface area contributed by atoms with Crippen molar-refractivity contribution in [2.45, 2.75) is 44.3 Å². The van der Waals surface area contributed by atoms with Crippen molar-refractivity contribution in [1.82, 2.24) is 5.32 Å². The van der Waals surface area contributed by atoms with Crippen LogP contribution in [0, 0.1) is 5.92 Å². The standard InChI is InChI=1S/C11H21NO2/c13-11-5-6-12-8-9(11)3-4-10-2-1-7-14-10/h9-13H,1-8H2. The number of nitrogens with one attached hydrogen (secondary N) is 1. The van der Waals surface area contributed by atoms with Crippen molar-refractivity contribution in [3.63, 3.8) is 0 Å². The van der Waals surface area contributed by atoms with Gasteiger partial charge in [-0.1, -0.05) is 0 Å². The van der Waals surface area contributed by atoms with Crippen LogP contribution < -0.4 is 5.32 Å². The second-order valence-electron chi connectivity index (χ2n) is 4.53. The maximum absolute atomic E-state index is 9.76. The smallest absolute Gasteiger partial charge is 0.0592 e. The molecule has 2 N–H and O–H groups in total. The summed E-state index contributed by atoms with van der Waals surface area (Å²) in [6.45, 7) is 2.89.